The lowest BCUT2D eigenvalue weighted by Crippen LogP contribution is -2.23. The Kier molecular flexibility index (Phi) is 4.94. The molecule has 106 valence electrons. The number of nitrogens with two attached hydrogens (primary N) is 1. The second kappa shape index (κ2) is 6.24. The second-order valence-electron chi connectivity index (χ2n) is 3.67. The average molecular weight is 273 g/mol. The van der Waals surface area contributed by atoms with Gasteiger partial charge in [0.15, 0.2) is 23.1 Å². The van der Waals surface area contributed by atoms with E-state index < -0.39 is 17.7 Å². The van der Waals surface area contributed by atoms with E-state index in [4.69, 9.17) is 25.1 Å². The summed E-state index contributed by atoms with van der Waals surface area (Å²) in [6.07, 6.45) is 0. The standard InChI is InChI=1S/C12H16FNO5/c1-17-8-4-7(13)10(18-2)9(11(8)19-3)6(5-14)12(15)16/h4,6H,5,14H2,1-3H3,(H,15,16). The molecule has 0 saturated heterocycles. The molecule has 1 aromatic rings. The molecule has 0 aliphatic carbocycles. The predicted molar refractivity (Wildman–Crippen MR) is 65.5 cm³/mol. The van der Waals surface area contributed by atoms with Crippen LogP contribution in [-0.2, 0) is 4.79 Å². The van der Waals surface area contributed by atoms with Gasteiger partial charge in [0.05, 0.1) is 26.9 Å². The zero-order valence-electron chi connectivity index (χ0n) is 10.9. The van der Waals surface area contributed by atoms with Crippen molar-refractivity contribution in [3.8, 4) is 17.2 Å². The summed E-state index contributed by atoms with van der Waals surface area (Å²) in [4.78, 5) is 11.2. The Balaban J connectivity index is 3.64. The van der Waals surface area contributed by atoms with Gasteiger partial charge in [-0.2, -0.15) is 0 Å². The third kappa shape index (κ3) is 2.70. The Morgan fingerprint density at radius 2 is 1.89 bits per heavy atom. The van der Waals surface area contributed by atoms with Crippen LogP contribution < -0.4 is 19.9 Å². The van der Waals surface area contributed by atoms with Crippen molar-refractivity contribution in [1.29, 1.82) is 0 Å². The number of methoxy groups -OCH3 is 3. The van der Waals surface area contributed by atoms with Crippen molar-refractivity contribution in [3.05, 3.63) is 17.4 Å². The van der Waals surface area contributed by atoms with Gasteiger partial charge in [-0.05, 0) is 0 Å². The summed E-state index contributed by atoms with van der Waals surface area (Å²) in [6.45, 7) is -0.228. The summed E-state index contributed by atoms with van der Waals surface area (Å²) in [5.74, 6) is -3.14. The molecule has 0 aliphatic rings. The molecule has 6 nitrogen and oxygen atoms in total. The normalized spacial score (nSPS) is 11.8. The molecule has 1 rings (SSSR count). The summed E-state index contributed by atoms with van der Waals surface area (Å²) in [5.41, 5.74) is 5.46. The Labute approximate surface area is 109 Å². The highest BCUT2D eigenvalue weighted by Crippen LogP contribution is 2.43. The van der Waals surface area contributed by atoms with Crippen LogP contribution in [0.15, 0.2) is 6.07 Å². The predicted octanol–water partition coefficient (Wildman–Crippen LogP) is 0.978. The van der Waals surface area contributed by atoms with Gasteiger partial charge in [0, 0.05) is 12.6 Å². The average Bonchev–Trinajstić information content (AvgIpc) is 2.38. The SMILES string of the molecule is COc1cc(F)c(OC)c(C(CN)C(=O)O)c1OC. The fourth-order valence-electron chi connectivity index (χ4n) is 1.84. The fourth-order valence-corrected chi connectivity index (χ4v) is 1.84. The topological polar surface area (TPSA) is 91.0 Å². The first-order chi connectivity index (χ1) is 9.01. The zero-order chi connectivity index (χ0) is 14.6. The molecule has 0 heterocycles. The lowest BCUT2D eigenvalue weighted by atomic mass is 9.96. The van der Waals surface area contributed by atoms with Crippen molar-refractivity contribution < 1.29 is 28.5 Å². The molecule has 0 spiro atoms. The molecule has 0 amide bonds. The molecule has 19 heavy (non-hydrogen) atoms. The van der Waals surface area contributed by atoms with Gasteiger partial charge in [-0.1, -0.05) is 0 Å². The molecule has 0 radical (unpaired) electrons. The van der Waals surface area contributed by atoms with Crippen LogP contribution in [0.4, 0.5) is 4.39 Å². The number of benzene rings is 1. The molecular formula is C12H16FNO5. The number of hydrogen-bond acceptors (Lipinski definition) is 5. The third-order valence-electron chi connectivity index (χ3n) is 2.70. The minimum absolute atomic E-state index is 0.0249. The Bertz CT molecular complexity index is 478. The highest BCUT2D eigenvalue weighted by molar-refractivity contribution is 5.80. The van der Waals surface area contributed by atoms with Crippen LogP contribution in [0.3, 0.4) is 0 Å². The maximum Gasteiger partial charge on any atom is 0.312 e. The Morgan fingerprint density at radius 1 is 1.32 bits per heavy atom. The van der Waals surface area contributed by atoms with E-state index in [-0.39, 0.29) is 29.4 Å². The van der Waals surface area contributed by atoms with Crippen molar-refractivity contribution in [2.75, 3.05) is 27.9 Å². The van der Waals surface area contributed by atoms with Crippen molar-refractivity contribution >= 4 is 5.97 Å². The lowest BCUT2D eigenvalue weighted by molar-refractivity contribution is -0.138. The molecule has 0 aliphatic heterocycles. The smallest absolute Gasteiger partial charge is 0.312 e. The van der Waals surface area contributed by atoms with Gasteiger partial charge < -0.3 is 25.1 Å². The number of halogens is 1. The number of hydrogen-bond donors (Lipinski definition) is 2. The van der Waals surface area contributed by atoms with Crippen molar-refractivity contribution in [2.24, 2.45) is 5.73 Å². The van der Waals surface area contributed by atoms with Crippen molar-refractivity contribution in [3.63, 3.8) is 0 Å². The van der Waals surface area contributed by atoms with Gasteiger partial charge in [-0.3, -0.25) is 4.79 Å². The molecule has 1 atom stereocenters. The number of carboxylic acid groups (broad SMARTS) is 1. The van der Waals surface area contributed by atoms with Crippen molar-refractivity contribution in [2.45, 2.75) is 5.92 Å². The number of carbonyl (C=O) groups is 1. The largest absolute Gasteiger partial charge is 0.493 e. The molecule has 1 unspecified atom stereocenters. The molecule has 0 saturated carbocycles. The van der Waals surface area contributed by atoms with Gasteiger partial charge in [0.2, 0.25) is 0 Å². The minimum Gasteiger partial charge on any atom is -0.493 e. The highest BCUT2D eigenvalue weighted by Gasteiger charge is 2.30. The van der Waals surface area contributed by atoms with Gasteiger partial charge in [0.1, 0.15) is 5.92 Å². The van der Waals surface area contributed by atoms with Crippen LogP contribution in [0.5, 0.6) is 17.2 Å². The van der Waals surface area contributed by atoms with E-state index in [1.54, 1.807) is 0 Å². The minimum atomic E-state index is -1.20. The number of ether oxygens (including phenoxy) is 3. The molecule has 0 fully saturated rings. The van der Waals surface area contributed by atoms with Crippen LogP contribution in [0.1, 0.15) is 11.5 Å². The molecular weight excluding hydrogens is 257 g/mol. The zero-order valence-corrected chi connectivity index (χ0v) is 10.9. The van der Waals surface area contributed by atoms with E-state index in [1.807, 2.05) is 0 Å². The fraction of sp³-hybridized carbons (Fsp3) is 0.417. The van der Waals surface area contributed by atoms with Crippen LogP contribution >= 0.6 is 0 Å². The lowest BCUT2D eigenvalue weighted by Gasteiger charge is -2.20. The summed E-state index contributed by atoms with van der Waals surface area (Å²) >= 11 is 0. The number of aliphatic carboxylic acids is 1. The van der Waals surface area contributed by atoms with E-state index in [0.717, 1.165) is 6.07 Å². The molecule has 1 aromatic carbocycles. The first-order valence-corrected chi connectivity index (χ1v) is 5.43. The van der Waals surface area contributed by atoms with Gasteiger partial charge >= 0.3 is 5.97 Å². The summed E-state index contributed by atoms with van der Waals surface area (Å²) in [5, 5.41) is 9.17. The third-order valence-corrected chi connectivity index (χ3v) is 2.70. The first kappa shape index (κ1) is 15.0. The maximum absolute atomic E-state index is 13.9. The maximum atomic E-state index is 13.9. The molecule has 0 aromatic heterocycles. The monoisotopic (exact) mass is 273 g/mol. The van der Waals surface area contributed by atoms with E-state index in [2.05, 4.69) is 0 Å². The van der Waals surface area contributed by atoms with E-state index in [1.165, 1.54) is 21.3 Å². The Morgan fingerprint density at radius 3 is 2.26 bits per heavy atom. The van der Waals surface area contributed by atoms with E-state index in [9.17, 15) is 9.18 Å². The van der Waals surface area contributed by atoms with Gasteiger partial charge in [-0.15, -0.1) is 0 Å². The summed E-state index contributed by atoms with van der Waals surface area (Å²) in [6, 6.07) is 1.07. The highest BCUT2D eigenvalue weighted by atomic mass is 19.1. The van der Waals surface area contributed by atoms with Crippen molar-refractivity contribution in [1.82, 2.24) is 0 Å². The molecule has 0 bridgehead atoms. The first-order valence-electron chi connectivity index (χ1n) is 5.43. The summed E-state index contributed by atoms with van der Waals surface area (Å²) < 4.78 is 28.9. The molecule has 3 N–H and O–H groups in total. The summed E-state index contributed by atoms with van der Waals surface area (Å²) in [7, 11) is 3.89. The van der Waals surface area contributed by atoms with Gasteiger partial charge in [0.25, 0.3) is 0 Å². The number of carboxylic acids is 1. The molecule has 7 heteroatoms. The van der Waals surface area contributed by atoms with E-state index in [0.29, 0.717) is 0 Å². The Hall–Kier alpha value is -2.02. The quantitative estimate of drug-likeness (QED) is 0.802. The van der Waals surface area contributed by atoms with Crippen LogP contribution in [0.2, 0.25) is 0 Å². The van der Waals surface area contributed by atoms with Crippen LogP contribution in [-0.4, -0.2) is 38.9 Å². The van der Waals surface area contributed by atoms with Crippen LogP contribution in [0, 0.1) is 5.82 Å². The second-order valence-corrected chi connectivity index (χ2v) is 3.67. The van der Waals surface area contributed by atoms with Gasteiger partial charge in [-0.25, -0.2) is 4.39 Å². The van der Waals surface area contributed by atoms with Crippen LogP contribution in [0.25, 0.3) is 0 Å². The van der Waals surface area contributed by atoms with E-state index >= 15 is 0 Å². The number of rotatable bonds is 6.